The van der Waals surface area contributed by atoms with Crippen LogP contribution in [0.2, 0.25) is 5.02 Å². The Morgan fingerprint density at radius 2 is 1.78 bits per heavy atom. The Balaban J connectivity index is 1.36. The lowest BCUT2D eigenvalue weighted by Gasteiger charge is -2.28. The molecule has 2 aromatic carbocycles. The molecule has 142 valence electrons. The molecule has 1 aliphatic carbocycles. The van der Waals surface area contributed by atoms with Crippen molar-refractivity contribution < 1.29 is 4.79 Å². The van der Waals surface area contributed by atoms with Crippen LogP contribution in [0.5, 0.6) is 0 Å². The third-order valence-corrected chi connectivity index (χ3v) is 6.48. The molecule has 3 nitrogen and oxygen atoms in total. The minimum atomic E-state index is -0.108. The zero-order valence-corrected chi connectivity index (χ0v) is 16.6. The van der Waals surface area contributed by atoms with Crippen LogP contribution >= 0.6 is 11.6 Å². The van der Waals surface area contributed by atoms with Crippen LogP contribution in [0.15, 0.2) is 48.5 Å². The molecule has 3 atom stereocenters. The van der Waals surface area contributed by atoms with E-state index in [0.717, 1.165) is 17.8 Å². The first-order valence-electron chi connectivity index (χ1n) is 10.0. The molecule has 0 bridgehead atoms. The quantitative estimate of drug-likeness (QED) is 0.734. The van der Waals surface area contributed by atoms with Gasteiger partial charge in [0.05, 0.1) is 0 Å². The predicted octanol–water partition coefficient (Wildman–Crippen LogP) is 5.71. The maximum atomic E-state index is 12.3. The van der Waals surface area contributed by atoms with Gasteiger partial charge in [-0.1, -0.05) is 23.7 Å². The topological polar surface area (TPSA) is 32.3 Å². The van der Waals surface area contributed by atoms with Crippen LogP contribution in [-0.2, 0) is 0 Å². The molecule has 1 saturated carbocycles. The Hall–Kier alpha value is -1.84. The number of nitrogens with zero attached hydrogens (tertiary/aromatic N) is 1. The van der Waals surface area contributed by atoms with E-state index >= 15 is 0 Å². The van der Waals surface area contributed by atoms with Gasteiger partial charge >= 0.3 is 0 Å². The minimum Gasteiger partial charge on any atom is -0.322 e. The summed E-state index contributed by atoms with van der Waals surface area (Å²) in [6.45, 7) is 3.65. The molecule has 0 aromatic heterocycles. The second-order valence-electron chi connectivity index (χ2n) is 7.98. The molecular weight excluding hydrogens is 356 g/mol. The van der Waals surface area contributed by atoms with Gasteiger partial charge in [0, 0.05) is 28.4 Å². The second-order valence-corrected chi connectivity index (χ2v) is 8.41. The van der Waals surface area contributed by atoms with Gasteiger partial charge in [0.15, 0.2) is 0 Å². The highest BCUT2D eigenvalue weighted by molar-refractivity contribution is 6.30. The summed E-state index contributed by atoms with van der Waals surface area (Å²) >= 11 is 5.88. The van der Waals surface area contributed by atoms with Crippen LogP contribution in [0.3, 0.4) is 0 Å². The van der Waals surface area contributed by atoms with E-state index in [2.05, 4.69) is 29.3 Å². The summed E-state index contributed by atoms with van der Waals surface area (Å²) < 4.78 is 0. The Bertz CT molecular complexity index is 787. The van der Waals surface area contributed by atoms with E-state index in [1.807, 2.05) is 12.1 Å². The van der Waals surface area contributed by atoms with E-state index in [1.165, 1.54) is 44.2 Å². The number of anilines is 1. The lowest BCUT2D eigenvalue weighted by atomic mass is 9.97. The summed E-state index contributed by atoms with van der Waals surface area (Å²) in [5.74, 6) is 0.534. The highest BCUT2D eigenvalue weighted by atomic mass is 35.5. The van der Waals surface area contributed by atoms with Gasteiger partial charge in [-0.3, -0.25) is 9.69 Å². The van der Waals surface area contributed by atoms with Crippen molar-refractivity contribution >= 4 is 23.2 Å². The number of likely N-dealkylation sites (tertiary alicyclic amines) is 1. The van der Waals surface area contributed by atoms with Gasteiger partial charge < -0.3 is 5.32 Å². The predicted molar refractivity (Wildman–Crippen MR) is 112 cm³/mol. The van der Waals surface area contributed by atoms with Crippen LogP contribution < -0.4 is 5.32 Å². The number of rotatable bonds is 4. The number of amides is 1. The molecule has 1 heterocycles. The van der Waals surface area contributed by atoms with Crippen LogP contribution in [0.4, 0.5) is 5.69 Å². The van der Waals surface area contributed by atoms with E-state index in [0.29, 0.717) is 16.5 Å². The fourth-order valence-corrected chi connectivity index (χ4v) is 4.83. The summed E-state index contributed by atoms with van der Waals surface area (Å²) in [6, 6.07) is 16.8. The number of hydrogen-bond acceptors (Lipinski definition) is 2. The molecular formula is C23H27ClN2O. The van der Waals surface area contributed by atoms with Crippen LogP contribution in [-0.4, -0.2) is 29.4 Å². The molecule has 1 aliphatic heterocycles. The fourth-order valence-electron chi connectivity index (χ4n) is 4.70. The second kappa shape index (κ2) is 8.04. The van der Waals surface area contributed by atoms with E-state index < -0.39 is 0 Å². The third-order valence-electron chi connectivity index (χ3n) is 6.22. The Morgan fingerprint density at radius 1 is 1.04 bits per heavy atom. The number of benzene rings is 2. The van der Waals surface area contributed by atoms with Crippen molar-refractivity contribution in [2.24, 2.45) is 0 Å². The molecule has 27 heavy (non-hydrogen) atoms. The number of hydrogen-bond donors (Lipinski definition) is 1. The van der Waals surface area contributed by atoms with Gasteiger partial charge in [-0.2, -0.15) is 0 Å². The first kappa shape index (κ1) is 18.5. The first-order valence-corrected chi connectivity index (χ1v) is 10.4. The van der Waals surface area contributed by atoms with E-state index in [-0.39, 0.29) is 5.91 Å². The van der Waals surface area contributed by atoms with Crippen molar-refractivity contribution in [3.63, 3.8) is 0 Å². The lowest BCUT2D eigenvalue weighted by Crippen LogP contribution is -2.35. The fraction of sp³-hybridized carbons (Fsp3) is 0.435. The molecule has 2 aliphatic rings. The zero-order chi connectivity index (χ0) is 18.8. The van der Waals surface area contributed by atoms with Crippen LogP contribution in [0.25, 0.3) is 0 Å². The maximum Gasteiger partial charge on any atom is 0.255 e. The summed E-state index contributed by atoms with van der Waals surface area (Å²) in [5.41, 5.74) is 2.84. The lowest BCUT2D eigenvalue weighted by molar-refractivity contribution is 0.102. The van der Waals surface area contributed by atoms with Gasteiger partial charge in [-0.05, 0) is 93.5 Å². The zero-order valence-electron chi connectivity index (χ0n) is 15.8. The average molecular weight is 383 g/mol. The van der Waals surface area contributed by atoms with E-state index in [4.69, 9.17) is 11.6 Å². The number of carbonyl (C=O) groups is 1. The summed E-state index contributed by atoms with van der Waals surface area (Å²) in [7, 11) is 0. The Kier molecular flexibility index (Phi) is 5.51. The van der Waals surface area contributed by atoms with Crippen molar-refractivity contribution in [3.8, 4) is 0 Å². The molecule has 1 saturated heterocycles. The Labute approximate surface area is 166 Å². The van der Waals surface area contributed by atoms with Crippen LogP contribution in [0, 0.1) is 0 Å². The van der Waals surface area contributed by atoms with Gasteiger partial charge in [-0.25, -0.2) is 0 Å². The highest BCUT2D eigenvalue weighted by Gasteiger charge is 2.34. The molecule has 3 unspecified atom stereocenters. The average Bonchev–Trinajstić information content (AvgIpc) is 3.31. The molecule has 4 rings (SSSR count). The third kappa shape index (κ3) is 4.20. The van der Waals surface area contributed by atoms with Gasteiger partial charge in [0.2, 0.25) is 0 Å². The van der Waals surface area contributed by atoms with Crippen molar-refractivity contribution in [1.82, 2.24) is 4.90 Å². The SMILES string of the molecule is CC1CCCN1C1CCC(c2ccc(NC(=O)c3ccc(Cl)cc3)cc2)C1. The molecule has 1 N–H and O–H groups in total. The number of halogens is 1. The summed E-state index contributed by atoms with van der Waals surface area (Å²) in [5, 5.41) is 3.60. The first-order chi connectivity index (χ1) is 13.1. The normalized spacial score (nSPS) is 25.6. The van der Waals surface area contributed by atoms with E-state index in [1.54, 1.807) is 24.3 Å². The standard InChI is InChI=1S/C23H27ClN2O/c1-16-3-2-14-26(16)22-13-8-19(15-22)17-6-11-21(12-7-17)25-23(27)18-4-9-20(24)10-5-18/h4-7,9-12,16,19,22H,2-3,8,13-15H2,1H3,(H,25,27). The number of carbonyl (C=O) groups excluding carboxylic acids is 1. The smallest absolute Gasteiger partial charge is 0.255 e. The van der Waals surface area contributed by atoms with Gasteiger partial charge in [0.25, 0.3) is 5.91 Å². The monoisotopic (exact) mass is 382 g/mol. The van der Waals surface area contributed by atoms with Gasteiger partial charge in [0.1, 0.15) is 0 Å². The molecule has 2 aromatic rings. The van der Waals surface area contributed by atoms with Crippen LogP contribution in [0.1, 0.15) is 60.9 Å². The highest BCUT2D eigenvalue weighted by Crippen LogP contribution is 2.39. The maximum absolute atomic E-state index is 12.3. The summed E-state index contributed by atoms with van der Waals surface area (Å²) in [4.78, 5) is 15.1. The molecule has 0 spiro atoms. The summed E-state index contributed by atoms with van der Waals surface area (Å²) in [6.07, 6.45) is 6.54. The largest absolute Gasteiger partial charge is 0.322 e. The van der Waals surface area contributed by atoms with Crippen molar-refractivity contribution in [1.29, 1.82) is 0 Å². The van der Waals surface area contributed by atoms with Crippen molar-refractivity contribution in [3.05, 3.63) is 64.7 Å². The molecule has 1 amide bonds. The Morgan fingerprint density at radius 3 is 2.44 bits per heavy atom. The van der Waals surface area contributed by atoms with Crippen molar-refractivity contribution in [2.75, 3.05) is 11.9 Å². The minimum absolute atomic E-state index is 0.108. The molecule has 2 fully saturated rings. The van der Waals surface area contributed by atoms with Gasteiger partial charge in [-0.15, -0.1) is 0 Å². The van der Waals surface area contributed by atoms with Crippen molar-refractivity contribution in [2.45, 2.75) is 57.0 Å². The molecule has 4 heteroatoms. The number of nitrogens with one attached hydrogen (secondary N) is 1. The van der Waals surface area contributed by atoms with E-state index in [9.17, 15) is 4.79 Å². The molecule has 0 radical (unpaired) electrons.